The predicted octanol–water partition coefficient (Wildman–Crippen LogP) is 5.00. The van der Waals surface area contributed by atoms with Gasteiger partial charge in [0.1, 0.15) is 0 Å². The molecule has 2 rings (SSSR count). The van der Waals surface area contributed by atoms with Crippen molar-refractivity contribution in [3.8, 4) is 0 Å². The van der Waals surface area contributed by atoms with Crippen molar-refractivity contribution >= 4 is 17.5 Å². The highest BCUT2D eigenvalue weighted by Crippen LogP contribution is 2.32. The van der Waals surface area contributed by atoms with Gasteiger partial charge in [-0.15, -0.1) is 11.8 Å². The van der Waals surface area contributed by atoms with Crippen molar-refractivity contribution in [1.29, 1.82) is 0 Å². The molecular formula is C18H20OS. The summed E-state index contributed by atoms with van der Waals surface area (Å²) < 4.78 is 0.154. The number of hydrogen-bond donors (Lipinski definition) is 0. The summed E-state index contributed by atoms with van der Waals surface area (Å²) in [5.41, 5.74) is 1.86. The quantitative estimate of drug-likeness (QED) is 0.580. The number of thioether (sulfide) groups is 1. The fourth-order valence-corrected chi connectivity index (χ4v) is 3.01. The summed E-state index contributed by atoms with van der Waals surface area (Å²) in [6.45, 7) is 6.53. The van der Waals surface area contributed by atoms with Crippen LogP contribution in [0.15, 0.2) is 59.5 Å². The minimum absolute atomic E-state index is 0.154. The topological polar surface area (TPSA) is 17.1 Å². The van der Waals surface area contributed by atoms with E-state index in [1.807, 2.05) is 48.5 Å². The third-order valence-corrected chi connectivity index (χ3v) is 3.89. The molecule has 0 atom stereocenters. The van der Waals surface area contributed by atoms with Crippen LogP contribution in [-0.4, -0.2) is 10.5 Å². The second-order valence-electron chi connectivity index (χ2n) is 5.83. The molecule has 0 heterocycles. The van der Waals surface area contributed by atoms with Gasteiger partial charge < -0.3 is 0 Å². The van der Waals surface area contributed by atoms with E-state index in [2.05, 4.69) is 26.8 Å². The lowest BCUT2D eigenvalue weighted by atomic mass is 10.0. The van der Waals surface area contributed by atoms with Crippen molar-refractivity contribution in [2.45, 2.75) is 36.8 Å². The Morgan fingerprint density at radius 3 is 2.35 bits per heavy atom. The molecule has 0 aliphatic rings. The lowest BCUT2D eigenvalue weighted by Gasteiger charge is -2.17. The summed E-state index contributed by atoms with van der Waals surface area (Å²) in [5.74, 6) is 0.174. The first-order valence-electron chi connectivity index (χ1n) is 6.80. The maximum atomic E-state index is 12.3. The van der Waals surface area contributed by atoms with Gasteiger partial charge in [-0.1, -0.05) is 63.2 Å². The number of Topliss-reactive ketones (excluding diaryl/α,β-unsaturated/α-hetero) is 1. The van der Waals surface area contributed by atoms with E-state index in [-0.39, 0.29) is 10.5 Å². The van der Waals surface area contributed by atoms with Crippen LogP contribution in [-0.2, 0) is 6.42 Å². The number of rotatable bonds is 4. The number of hydrogen-bond acceptors (Lipinski definition) is 2. The maximum Gasteiger partial charge on any atom is 0.167 e. The summed E-state index contributed by atoms with van der Waals surface area (Å²) in [4.78, 5) is 13.5. The standard InChI is InChI=1S/C18H20OS/c1-18(2,3)20-16-11-7-10-15(13-16)17(19)12-14-8-5-4-6-9-14/h4-11,13H,12H2,1-3H3. The Morgan fingerprint density at radius 1 is 1.00 bits per heavy atom. The van der Waals surface area contributed by atoms with E-state index in [9.17, 15) is 4.79 Å². The Kier molecular flexibility index (Phi) is 4.66. The molecule has 0 unspecified atom stereocenters. The van der Waals surface area contributed by atoms with Crippen molar-refractivity contribution in [2.75, 3.05) is 0 Å². The summed E-state index contributed by atoms with van der Waals surface area (Å²) in [5, 5.41) is 0. The molecule has 0 aliphatic heterocycles. The van der Waals surface area contributed by atoms with Crippen molar-refractivity contribution in [1.82, 2.24) is 0 Å². The fourth-order valence-electron chi connectivity index (χ4n) is 1.97. The SMILES string of the molecule is CC(C)(C)Sc1cccc(C(=O)Cc2ccccc2)c1. The zero-order valence-corrected chi connectivity index (χ0v) is 13.0. The molecular weight excluding hydrogens is 264 g/mol. The number of ketones is 1. The van der Waals surface area contributed by atoms with Crippen LogP contribution in [0.1, 0.15) is 36.7 Å². The van der Waals surface area contributed by atoms with Crippen molar-refractivity contribution in [3.05, 3.63) is 65.7 Å². The van der Waals surface area contributed by atoms with Gasteiger partial charge in [0, 0.05) is 21.6 Å². The third-order valence-electron chi connectivity index (χ3n) is 2.79. The monoisotopic (exact) mass is 284 g/mol. The predicted molar refractivity (Wildman–Crippen MR) is 86.5 cm³/mol. The molecule has 0 saturated heterocycles. The first-order valence-corrected chi connectivity index (χ1v) is 7.62. The summed E-state index contributed by atoms with van der Waals surface area (Å²) in [6, 6.07) is 17.8. The molecule has 0 amide bonds. The van der Waals surface area contributed by atoms with Crippen LogP contribution in [0.25, 0.3) is 0 Å². The molecule has 1 nitrogen and oxygen atoms in total. The van der Waals surface area contributed by atoms with Gasteiger partial charge in [0.2, 0.25) is 0 Å². The minimum Gasteiger partial charge on any atom is -0.294 e. The van der Waals surface area contributed by atoms with E-state index in [0.29, 0.717) is 6.42 Å². The van der Waals surface area contributed by atoms with Crippen LogP contribution in [0.4, 0.5) is 0 Å². The molecule has 0 N–H and O–H groups in total. The molecule has 2 aromatic rings. The van der Waals surface area contributed by atoms with Gasteiger partial charge >= 0.3 is 0 Å². The van der Waals surface area contributed by atoms with Gasteiger partial charge in [0.15, 0.2) is 5.78 Å². The van der Waals surface area contributed by atoms with Crippen LogP contribution in [0, 0.1) is 0 Å². The summed E-state index contributed by atoms with van der Waals surface area (Å²) >= 11 is 1.79. The summed E-state index contributed by atoms with van der Waals surface area (Å²) in [6.07, 6.45) is 0.463. The number of carbonyl (C=O) groups is 1. The zero-order chi connectivity index (χ0) is 14.6. The molecule has 2 heteroatoms. The zero-order valence-electron chi connectivity index (χ0n) is 12.2. The van der Waals surface area contributed by atoms with Crippen molar-refractivity contribution in [2.24, 2.45) is 0 Å². The van der Waals surface area contributed by atoms with Gasteiger partial charge in [0.25, 0.3) is 0 Å². The molecule has 2 aromatic carbocycles. The molecule has 104 valence electrons. The van der Waals surface area contributed by atoms with Gasteiger partial charge in [-0.2, -0.15) is 0 Å². The van der Waals surface area contributed by atoms with E-state index < -0.39 is 0 Å². The molecule has 0 radical (unpaired) electrons. The highest BCUT2D eigenvalue weighted by Gasteiger charge is 2.13. The van der Waals surface area contributed by atoms with Crippen LogP contribution in [0.5, 0.6) is 0 Å². The Bertz CT molecular complexity index is 582. The van der Waals surface area contributed by atoms with Crippen molar-refractivity contribution < 1.29 is 4.79 Å². The second kappa shape index (κ2) is 6.27. The lowest BCUT2D eigenvalue weighted by molar-refractivity contribution is 0.0993. The third kappa shape index (κ3) is 4.53. The molecule has 0 bridgehead atoms. The normalized spacial score (nSPS) is 11.3. The van der Waals surface area contributed by atoms with E-state index in [0.717, 1.165) is 16.0 Å². The minimum atomic E-state index is 0.154. The lowest BCUT2D eigenvalue weighted by Crippen LogP contribution is -2.07. The van der Waals surface area contributed by atoms with Crippen LogP contribution in [0.3, 0.4) is 0 Å². The van der Waals surface area contributed by atoms with Gasteiger partial charge in [-0.05, 0) is 17.7 Å². The number of benzene rings is 2. The first-order chi connectivity index (χ1) is 9.44. The average Bonchev–Trinajstić information content (AvgIpc) is 2.38. The van der Waals surface area contributed by atoms with Crippen LogP contribution >= 0.6 is 11.8 Å². The molecule has 0 spiro atoms. The molecule has 0 aliphatic carbocycles. The molecule has 0 aromatic heterocycles. The molecule has 0 fully saturated rings. The Morgan fingerprint density at radius 2 is 1.70 bits per heavy atom. The van der Waals surface area contributed by atoms with Crippen LogP contribution in [0.2, 0.25) is 0 Å². The van der Waals surface area contributed by atoms with Gasteiger partial charge in [-0.3, -0.25) is 4.79 Å². The highest BCUT2D eigenvalue weighted by atomic mass is 32.2. The summed E-state index contributed by atoms with van der Waals surface area (Å²) in [7, 11) is 0. The first kappa shape index (κ1) is 14.9. The van der Waals surface area contributed by atoms with E-state index in [4.69, 9.17) is 0 Å². The maximum absolute atomic E-state index is 12.3. The van der Waals surface area contributed by atoms with E-state index in [1.165, 1.54) is 0 Å². The van der Waals surface area contributed by atoms with Crippen molar-refractivity contribution in [3.63, 3.8) is 0 Å². The Hall–Kier alpha value is -1.54. The molecule has 20 heavy (non-hydrogen) atoms. The van der Waals surface area contributed by atoms with Gasteiger partial charge in [0.05, 0.1) is 0 Å². The number of carbonyl (C=O) groups excluding carboxylic acids is 1. The Labute approximate surface area is 125 Å². The van der Waals surface area contributed by atoms with Crippen LogP contribution < -0.4 is 0 Å². The molecule has 0 saturated carbocycles. The van der Waals surface area contributed by atoms with E-state index >= 15 is 0 Å². The Balaban J connectivity index is 2.12. The highest BCUT2D eigenvalue weighted by molar-refractivity contribution is 8.00. The second-order valence-corrected chi connectivity index (χ2v) is 7.73. The smallest absolute Gasteiger partial charge is 0.167 e. The average molecular weight is 284 g/mol. The van der Waals surface area contributed by atoms with Gasteiger partial charge in [-0.25, -0.2) is 0 Å². The fraction of sp³-hybridized carbons (Fsp3) is 0.278. The van der Waals surface area contributed by atoms with E-state index in [1.54, 1.807) is 11.8 Å². The largest absolute Gasteiger partial charge is 0.294 e.